The Labute approximate surface area is 124 Å². The number of nitrogens with one attached hydrogen (secondary N) is 3. The predicted octanol–water partition coefficient (Wildman–Crippen LogP) is 1.31. The summed E-state index contributed by atoms with van der Waals surface area (Å²) >= 11 is 3.36. The minimum atomic E-state index is -0.361. The fourth-order valence-corrected chi connectivity index (χ4v) is 2.07. The van der Waals surface area contributed by atoms with Gasteiger partial charge in [0.25, 0.3) is 0 Å². The Bertz CT molecular complexity index is 522. The van der Waals surface area contributed by atoms with Gasteiger partial charge in [-0.2, -0.15) is 5.10 Å². The summed E-state index contributed by atoms with van der Waals surface area (Å²) in [6, 6.07) is 1.72. The zero-order chi connectivity index (χ0) is 15.1. The largest absolute Gasteiger partial charge is 0.492 e. The second kappa shape index (κ2) is 7.56. The van der Waals surface area contributed by atoms with Gasteiger partial charge in [0.1, 0.15) is 0 Å². The van der Waals surface area contributed by atoms with Crippen molar-refractivity contribution >= 4 is 28.1 Å². The van der Waals surface area contributed by atoms with E-state index in [1.54, 1.807) is 11.5 Å². The van der Waals surface area contributed by atoms with E-state index in [4.69, 9.17) is 24.8 Å². The summed E-state index contributed by atoms with van der Waals surface area (Å²) < 4.78 is 16.5. The number of hydrogen-bond donors (Lipinski definition) is 4. The van der Waals surface area contributed by atoms with Crippen LogP contribution in [0.25, 0.3) is 0 Å². The van der Waals surface area contributed by atoms with E-state index in [1.165, 1.54) is 27.5 Å². The smallest absolute Gasteiger partial charge is 0.233 e. The maximum atomic E-state index is 8.45. The topological polar surface area (TPSA) is 108 Å². The van der Waals surface area contributed by atoms with Crippen LogP contribution in [0.4, 0.5) is 0 Å². The Hall–Kier alpha value is -2.00. The molecule has 0 saturated carbocycles. The van der Waals surface area contributed by atoms with E-state index in [-0.39, 0.29) is 5.96 Å². The average molecular weight is 347 g/mol. The Morgan fingerprint density at radius 1 is 1.25 bits per heavy atom. The maximum Gasteiger partial charge on any atom is 0.233 e. The van der Waals surface area contributed by atoms with Gasteiger partial charge in [-0.15, -0.1) is 0 Å². The number of halogens is 1. The van der Waals surface area contributed by atoms with E-state index in [9.17, 15) is 0 Å². The van der Waals surface area contributed by atoms with Gasteiger partial charge < -0.3 is 14.2 Å². The summed E-state index contributed by atoms with van der Waals surface area (Å²) in [5, 5.41) is 19.3. The number of methoxy groups -OCH3 is 3. The van der Waals surface area contributed by atoms with Crippen LogP contribution < -0.4 is 25.1 Å². The molecule has 0 bridgehead atoms. The van der Waals surface area contributed by atoms with Crippen molar-refractivity contribution in [3.63, 3.8) is 0 Å². The van der Waals surface area contributed by atoms with Crippen LogP contribution >= 0.6 is 15.9 Å². The molecule has 0 aliphatic rings. The molecule has 0 unspecified atom stereocenters. The number of nitrogens with zero attached hydrogens (tertiary/aromatic N) is 1. The van der Waals surface area contributed by atoms with E-state index in [0.29, 0.717) is 27.3 Å². The third-order valence-corrected chi connectivity index (χ3v) is 2.87. The number of ether oxygens (including phenoxy) is 3. The normalized spacial score (nSPS) is 10.2. The molecule has 0 radical (unpaired) electrons. The van der Waals surface area contributed by atoms with Gasteiger partial charge in [0.05, 0.1) is 32.0 Å². The van der Waals surface area contributed by atoms with Crippen LogP contribution in [0.1, 0.15) is 5.56 Å². The van der Waals surface area contributed by atoms with Crippen molar-refractivity contribution in [2.45, 2.75) is 0 Å². The molecule has 1 aromatic rings. The van der Waals surface area contributed by atoms with Gasteiger partial charge in [-0.05, 0) is 22.0 Å². The lowest BCUT2D eigenvalue weighted by molar-refractivity contribution is 0.228. The van der Waals surface area contributed by atoms with Crippen molar-refractivity contribution in [2.24, 2.45) is 5.10 Å². The van der Waals surface area contributed by atoms with Crippen molar-refractivity contribution in [3.05, 3.63) is 16.1 Å². The first kappa shape index (κ1) is 16.1. The predicted molar refractivity (Wildman–Crippen MR) is 77.2 cm³/mol. The van der Waals surface area contributed by atoms with E-state index < -0.39 is 0 Å². The lowest BCUT2D eigenvalue weighted by atomic mass is 10.2. The molecule has 0 spiro atoms. The van der Waals surface area contributed by atoms with E-state index in [1.807, 2.05) is 0 Å². The molecule has 8 nitrogen and oxygen atoms in total. The first-order chi connectivity index (χ1) is 9.58. The number of hydrazone groups is 1. The molecule has 0 amide bonds. The van der Waals surface area contributed by atoms with Crippen LogP contribution in [-0.4, -0.2) is 38.7 Å². The second-order valence-electron chi connectivity index (χ2n) is 3.40. The highest BCUT2D eigenvalue weighted by atomic mass is 79.9. The highest BCUT2D eigenvalue weighted by Gasteiger charge is 2.18. The molecule has 0 aliphatic carbocycles. The summed E-state index contributed by atoms with van der Waals surface area (Å²) in [6.07, 6.45) is 1.41. The fraction of sp³-hybridized carbons (Fsp3) is 0.273. The molecule has 20 heavy (non-hydrogen) atoms. The van der Waals surface area contributed by atoms with E-state index >= 15 is 0 Å². The lowest BCUT2D eigenvalue weighted by Gasteiger charge is -2.15. The SMILES string of the molecule is COc1c(Br)cc(C=NNC(=N)NO)c(OC)c1OC. The molecule has 0 atom stereocenters. The number of hydroxylamine groups is 1. The van der Waals surface area contributed by atoms with Gasteiger partial charge in [0, 0.05) is 5.56 Å². The summed E-state index contributed by atoms with van der Waals surface area (Å²) in [7, 11) is 4.51. The molecule has 0 fully saturated rings. The maximum absolute atomic E-state index is 8.45. The Balaban J connectivity index is 3.19. The van der Waals surface area contributed by atoms with Crippen molar-refractivity contribution in [1.29, 1.82) is 5.41 Å². The molecule has 1 rings (SSSR count). The van der Waals surface area contributed by atoms with Crippen LogP contribution in [0.5, 0.6) is 17.2 Å². The number of rotatable bonds is 5. The van der Waals surface area contributed by atoms with Gasteiger partial charge in [-0.1, -0.05) is 0 Å². The van der Waals surface area contributed by atoms with Crippen LogP contribution in [0.15, 0.2) is 15.6 Å². The van der Waals surface area contributed by atoms with Crippen LogP contribution in [-0.2, 0) is 0 Å². The summed E-state index contributed by atoms with van der Waals surface area (Å²) in [5.74, 6) is 0.988. The second-order valence-corrected chi connectivity index (χ2v) is 4.26. The van der Waals surface area contributed by atoms with Gasteiger partial charge in [0.2, 0.25) is 11.7 Å². The van der Waals surface area contributed by atoms with Crippen molar-refractivity contribution in [1.82, 2.24) is 10.9 Å². The van der Waals surface area contributed by atoms with Gasteiger partial charge >= 0.3 is 0 Å². The van der Waals surface area contributed by atoms with Crippen LogP contribution in [0, 0.1) is 5.41 Å². The molecule has 9 heteroatoms. The lowest BCUT2D eigenvalue weighted by Crippen LogP contribution is -2.30. The van der Waals surface area contributed by atoms with Gasteiger partial charge in [-0.3, -0.25) is 10.6 Å². The Kier molecular flexibility index (Phi) is 6.07. The first-order valence-corrected chi connectivity index (χ1v) is 6.14. The van der Waals surface area contributed by atoms with Gasteiger partial charge in [0.15, 0.2) is 11.5 Å². The van der Waals surface area contributed by atoms with E-state index in [0.717, 1.165) is 0 Å². The van der Waals surface area contributed by atoms with Crippen LogP contribution in [0.2, 0.25) is 0 Å². The molecular formula is C11H15BrN4O4. The first-order valence-electron chi connectivity index (χ1n) is 5.35. The van der Waals surface area contributed by atoms with Crippen molar-refractivity contribution in [3.8, 4) is 17.2 Å². The van der Waals surface area contributed by atoms with E-state index in [2.05, 4.69) is 26.5 Å². The zero-order valence-electron chi connectivity index (χ0n) is 11.2. The highest BCUT2D eigenvalue weighted by Crippen LogP contribution is 2.44. The highest BCUT2D eigenvalue weighted by molar-refractivity contribution is 9.10. The van der Waals surface area contributed by atoms with Crippen molar-refractivity contribution in [2.75, 3.05) is 21.3 Å². The third-order valence-electron chi connectivity index (χ3n) is 2.28. The number of benzene rings is 1. The monoisotopic (exact) mass is 346 g/mol. The Morgan fingerprint density at radius 3 is 2.35 bits per heavy atom. The quantitative estimate of drug-likeness (QED) is 0.363. The summed E-state index contributed by atoms with van der Waals surface area (Å²) in [6.45, 7) is 0. The molecule has 1 aromatic carbocycles. The van der Waals surface area contributed by atoms with Crippen molar-refractivity contribution < 1.29 is 19.4 Å². The Morgan fingerprint density at radius 2 is 1.85 bits per heavy atom. The minimum Gasteiger partial charge on any atom is -0.492 e. The average Bonchev–Trinajstić information content (AvgIpc) is 2.46. The van der Waals surface area contributed by atoms with Crippen LogP contribution in [0.3, 0.4) is 0 Å². The summed E-state index contributed by atoms with van der Waals surface area (Å²) in [4.78, 5) is 0. The molecule has 0 saturated heterocycles. The molecule has 110 valence electrons. The number of hydrogen-bond acceptors (Lipinski definition) is 6. The standard InChI is InChI=1S/C11H15BrN4O4/c1-18-8-6(5-14-15-11(13)16-17)4-7(12)9(19-2)10(8)20-3/h4-5,17H,1-3H3,(H3,13,15,16). The molecule has 4 N–H and O–H groups in total. The molecule has 0 aliphatic heterocycles. The third kappa shape index (κ3) is 3.52. The number of guanidine groups is 1. The zero-order valence-corrected chi connectivity index (χ0v) is 12.7. The molecule has 0 heterocycles. The fourth-order valence-electron chi connectivity index (χ4n) is 1.48. The minimum absolute atomic E-state index is 0.361. The molecular weight excluding hydrogens is 332 g/mol. The molecule has 0 aromatic heterocycles. The van der Waals surface area contributed by atoms with Gasteiger partial charge in [-0.25, -0.2) is 10.9 Å². The summed E-state index contributed by atoms with van der Waals surface area (Å²) in [5.41, 5.74) is 4.46.